The Bertz CT molecular complexity index is 721. The molecule has 0 amide bonds. The number of aliphatic hydroxyl groups is 1. The van der Waals surface area contributed by atoms with Gasteiger partial charge < -0.3 is 19.5 Å². The maximum atomic E-state index is 12.8. The average Bonchev–Trinajstić information content (AvgIpc) is 3.07. The molecule has 0 aliphatic rings. The first kappa shape index (κ1) is 50.4. The van der Waals surface area contributed by atoms with Crippen molar-refractivity contribution in [3.63, 3.8) is 0 Å². The summed E-state index contributed by atoms with van der Waals surface area (Å²) >= 11 is 0. The molecule has 0 heterocycles. The lowest BCUT2D eigenvalue weighted by Crippen LogP contribution is -2.54. The average molecular weight is 763 g/mol. The number of esters is 2. The summed E-state index contributed by atoms with van der Waals surface area (Å²) in [6.07, 6.45) is 32.9. The predicted molar refractivity (Wildman–Crippen MR) is 215 cm³/mol. The van der Waals surface area contributed by atoms with Gasteiger partial charge in [0.15, 0.2) is 0 Å². The van der Waals surface area contributed by atoms with Gasteiger partial charge in [-0.2, -0.15) is 0 Å². The molecule has 0 aliphatic carbocycles. The number of rotatable bonds is 36. The van der Waals surface area contributed by atoms with Gasteiger partial charge in [-0.05, 0) is 39.8 Å². The second kappa shape index (κ2) is 37.1. The van der Waals surface area contributed by atoms with Crippen LogP contribution in [0.25, 0.3) is 0 Å². The van der Waals surface area contributed by atoms with Crippen molar-refractivity contribution in [3.05, 3.63) is 0 Å². The van der Waals surface area contributed by atoms with Crippen LogP contribution in [0.1, 0.15) is 220 Å². The molecule has 0 spiro atoms. The third kappa shape index (κ3) is 29.6. The zero-order valence-corrected chi connectivity index (χ0v) is 35.2. The molecule has 0 radical (unpaired) electrons. The minimum absolute atomic E-state index is 0. The molecule has 0 aliphatic heterocycles. The van der Waals surface area contributed by atoms with E-state index in [1.165, 1.54) is 135 Å². The molecular formula is C42H84BrNO5. The van der Waals surface area contributed by atoms with E-state index in [9.17, 15) is 14.7 Å². The van der Waals surface area contributed by atoms with E-state index in [0.717, 1.165) is 32.1 Å². The van der Waals surface area contributed by atoms with Crippen LogP contribution in [0.2, 0.25) is 0 Å². The predicted octanol–water partition coefficient (Wildman–Crippen LogP) is 12.5. The zero-order chi connectivity index (χ0) is 35.7. The zero-order valence-electron chi connectivity index (χ0n) is 33.5. The quantitative estimate of drug-likeness (QED) is 0.0506. The van der Waals surface area contributed by atoms with Crippen molar-refractivity contribution < 1.29 is 24.2 Å². The number of carbonyl (C=O) groups is 2. The van der Waals surface area contributed by atoms with Gasteiger partial charge in [0.25, 0.3) is 0 Å². The molecule has 0 fully saturated rings. The summed E-state index contributed by atoms with van der Waals surface area (Å²) in [6, 6.07) is -0.445. The van der Waals surface area contributed by atoms with Crippen LogP contribution in [0.5, 0.6) is 0 Å². The SMILES string of the molecule is Br.CCCCCCCCCCCCCCCC(=O)OC(CC)C(O)C(C(CC)OC(=O)CCCCCCCCCCCCCCC)N(C)C. The Morgan fingerprint density at radius 1 is 0.469 bits per heavy atom. The Morgan fingerprint density at radius 3 is 1.00 bits per heavy atom. The minimum Gasteiger partial charge on any atom is -0.461 e. The van der Waals surface area contributed by atoms with E-state index in [1.807, 2.05) is 32.8 Å². The highest BCUT2D eigenvalue weighted by atomic mass is 79.9. The molecular weight excluding hydrogens is 678 g/mol. The third-order valence-corrected chi connectivity index (χ3v) is 10.0. The molecule has 0 saturated heterocycles. The van der Waals surface area contributed by atoms with Gasteiger partial charge in [-0.25, -0.2) is 0 Å². The lowest BCUT2D eigenvalue weighted by molar-refractivity contribution is -0.168. The number of unbranched alkanes of at least 4 members (excludes halogenated alkanes) is 24. The van der Waals surface area contributed by atoms with Gasteiger partial charge >= 0.3 is 11.9 Å². The van der Waals surface area contributed by atoms with Crippen LogP contribution in [0.3, 0.4) is 0 Å². The fraction of sp³-hybridized carbons (Fsp3) is 0.952. The van der Waals surface area contributed by atoms with E-state index < -0.39 is 24.4 Å². The second-order valence-electron chi connectivity index (χ2n) is 14.8. The Morgan fingerprint density at radius 2 is 0.735 bits per heavy atom. The van der Waals surface area contributed by atoms with Crippen molar-refractivity contribution in [2.24, 2.45) is 0 Å². The summed E-state index contributed by atoms with van der Waals surface area (Å²) in [6.45, 7) is 8.44. The smallest absolute Gasteiger partial charge is 0.306 e. The van der Waals surface area contributed by atoms with Crippen molar-refractivity contribution in [2.45, 2.75) is 245 Å². The van der Waals surface area contributed by atoms with Gasteiger partial charge in [0.1, 0.15) is 18.3 Å². The van der Waals surface area contributed by atoms with E-state index in [-0.39, 0.29) is 28.9 Å². The maximum absolute atomic E-state index is 12.8. The highest BCUT2D eigenvalue weighted by Crippen LogP contribution is 2.22. The molecule has 0 aromatic heterocycles. The molecule has 0 aromatic rings. The number of nitrogens with zero attached hydrogens (tertiary/aromatic N) is 1. The molecule has 0 bridgehead atoms. The monoisotopic (exact) mass is 762 g/mol. The Balaban J connectivity index is 0. The van der Waals surface area contributed by atoms with E-state index in [2.05, 4.69) is 13.8 Å². The summed E-state index contributed by atoms with van der Waals surface area (Å²) in [7, 11) is 3.78. The molecule has 0 rings (SSSR count). The number of halogens is 1. The molecule has 4 unspecified atom stereocenters. The summed E-state index contributed by atoms with van der Waals surface area (Å²) in [5.74, 6) is -0.439. The number of hydrogen-bond donors (Lipinski definition) is 1. The van der Waals surface area contributed by atoms with Gasteiger partial charge in [-0.3, -0.25) is 9.59 Å². The van der Waals surface area contributed by atoms with Gasteiger partial charge in [0, 0.05) is 12.8 Å². The molecule has 1 N–H and O–H groups in total. The summed E-state index contributed by atoms with van der Waals surface area (Å²) in [5, 5.41) is 11.4. The number of carbonyl (C=O) groups excluding carboxylic acids is 2. The Hall–Kier alpha value is -0.660. The van der Waals surface area contributed by atoms with E-state index in [1.54, 1.807) is 0 Å². The number of likely N-dealkylation sites (N-methyl/N-ethyl adjacent to an activating group) is 1. The van der Waals surface area contributed by atoms with E-state index in [4.69, 9.17) is 9.47 Å². The van der Waals surface area contributed by atoms with Gasteiger partial charge in [0.05, 0.1) is 6.04 Å². The second-order valence-corrected chi connectivity index (χ2v) is 14.8. The van der Waals surface area contributed by atoms with Crippen LogP contribution in [-0.2, 0) is 19.1 Å². The van der Waals surface area contributed by atoms with Crippen molar-refractivity contribution in [1.29, 1.82) is 0 Å². The topological polar surface area (TPSA) is 76.1 Å². The van der Waals surface area contributed by atoms with Gasteiger partial charge in [-0.1, -0.05) is 182 Å². The van der Waals surface area contributed by atoms with E-state index >= 15 is 0 Å². The Labute approximate surface area is 315 Å². The number of aliphatic hydroxyl groups excluding tert-OH is 1. The maximum Gasteiger partial charge on any atom is 0.306 e. The van der Waals surface area contributed by atoms with Crippen molar-refractivity contribution >= 4 is 28.9 Å². The van der Waals surface area contributed by atoms with Crippen molar-refractivity contribution in [2.75, 3.05) is 14.1 Å². The van der Waals surface area contributed by atoms with Crippen LogP contribution in [0.15, 0.2) is 0 Å². The highest BCUT2D eigenvalue weighted by Gasteiger charge is 2.37. The molecule has 0 aromatic carbocycles. The normalized spacial score (nSPS) is 13.9. The number of hydrogen-bond acceptors (Lipinski definition) is 6. The molecule has 49 heavy (non-hydrogen) atoms. The first-order valence-electron chi connectivity index (χ1n) is 21.1. The van der Waals surface area contributed by atoms with Crippen LogP contribution in [0.4, 0.5) is 0 Å². The van der Waals surface area contributed by atoms with E-state index in [0.29, 0.717) is 25.7 Å². The molecule has 294 valence electrons. The molecule has 4 atom stereocenters. The first-order chi connectivity index (χ1) is 23.3. The first-order valence-corrected chi connectivity index (χ1v) is 21.1. The lowest BCUT2D eigenvalue weighted by atomic mass is 9.95. The van der Waals surface area contributed by atoms with Crippen molar-refractivity contribution in [3.8, 4) is 0 Å². The van der Waals surface area contributed by atoms with Gasteiger partial charge in [0.2, 0.25) is 0 Å². The lowest BCUT2D eigenvalue weighted by Gasteiger charge is -2.37. The van der Waals surface area contributed by atoms with Crippen LogP contribution < -0.4 is 0 Å². The minimum atomic E-state index is -0.935. The molecule has 0 saturated carbocycles. The standard InChI is InChI=1S/C42H83NO5.BrH/c1-7-11-13-15-17-19-21-23-25-27-29-31-33-35-39(44)47-37(9-3)41(43(5)6)42(46)38(10-4)48-40(45)36-34-32-30-28-26-24-22-20-18-16-14-12-8-2;/h37-38,41-42,46H,7-36H2,1-6H3;1H. The molecule has 6 nitrogen and oxygen atoms in total. The third-order valence-electron chi connectivity index (χ3n) is 10.0. The Kier molecular flexibility index (Phi) is 38.2. The summed E-state index contributed by atoms with van der Waals surface area (Å²) < 4.78 is 11.7. The largest absolute Gasteiger partial charge is 0.461 e. The van der Waals surface area contributed by atoms with Crippen molar-refractivity contribution in [1.82, 2.24) is 4.90 Å². The summed E-state index contributed by atoms with van der Waals surface area (Å²) in [5.41, 5.74) is 0. The van der Waals surface area contributed by atoms with Crippen LogP contribution in [0, 0.1) is 0 Å². The van der Waals surface area contributed by atoms with Crippen LogP contribution in [-0.4, -0.2) is 60.4 Å². The summed E-state index contributed by atoms with van der Waals surface area (Å²) in [4.78, 5) is 27.4. The fourth-order valence-electron chi connectivity index (χ4n) is 6.90. The van der Waals surface area contributed by atoms with Gasteiger partial charge in [-0.15, -0.1) is 17.0 Å². The number of ether oxygens (including phenoxy) is 2. The highest BCUT2D eigenvalue weighted by molar-refractivity contribution is 8.93. The fourth-order valence-corrected chi connectivity index (χ4v) is 6.90. The molecule has 7 heteroatoms. The van der Waals surface area contributed by atoms with Crippen LogP contribution >= 0.6 is 17.0 Å².